The Morgan fingerprint density at radius 1 is 1.55 bits per heavy atom. The second kappa shape index (κ2) is 6.76. The van der Waals surface area contributed by atoms with Crippen molar-refractivity contribution in [2.45, 2.75) is 25.9 Å². The Balaban J connectivity index is 1.55. The maximum absolute atomic E-state index is 12.3. The van der Waals surface area contributed by atoms with Gasteiger partial charge in [0.15, 0.2) is 6.10 Å². The summed E-state index contributed by atoms with van der Waals surface area (Å²) >= 11 is 7.47. The van der Waals surface area contributed by atoms with E-state index in [2.05, 4.69) is 10.2 Å². The minimum Gasteiger partial charge on any atom is -0.423 e. The molecule has 1 atom stereocenters. The summed E-state index contributed by atoms with van der Waals surface area (Å²) in [6.45, 7) is 3.25. The smallest absolute Gasteiger partial charge is 0.246 e. The van der Waals surface area contributed by atoms with E-state index in [0.29, 0.717) is 44.3 Å². The number of thiophene rings is 1. The molecule has 6 nitrogen and oxygen atoms in total. The zero-order valence-corrected chi connectivity index (χ0v) is 13.7. The van der Waals surface area contributed by atoms with Gasteiger partial charge in [0.1, 0.15) is 0 Å². The van der Waals surface area contributed by atoms with Gasteiger partial charge in [0.25, 0.3) is 0 Å². The molecule has 1 aliphatic heterocycles. The highest BCUT2D eigenvalue weighted by Crippen LogP contribution is 2.23. The lowest BCUT2D eigenvalue weighted by molar-refractivity contribution is -0.139. The third kappa shape index (κ3) is 3.66. The summed E-state index contributed by atoms with van der Waals surface area (Å²) in [4.78, 5) is 15.3. The molecule has 118 valence electrons. The van der Waals surface area contributed by atoms with Gasteiger partial charge in [-0.25, -0.2) is 0 Å². The molecule has 0 saturated carbocycles. The van der Waals surface area contributed by atoms with Crippen molar-refractivity contribution in [2.24, 2.45) is 0 Å². The predicted octanol–water partition coefficient (Wildman–Crippen LogP) is 2.63. The molecule has 1 unspecified atom stereocenters. The van der Waals surface area contributed by atoms with E-state index < -0.39 is 0 Å². The van der Waals surface area contributed by atoms with Gasteiger partial charge in [-0.1, -0.05) is 11.6 Å². The number of carbonyl (C=O) groups is 1. The number of aromatic nitrogens is 2. The van der Waals surface area contributed by atoms with Gasteiger partial charge >= 0.3 is 0 Å². The molecule has 2 aromatic heterocycles. The molecule has 3 rings (SSSR count). The van der Waals surface area contributed by atoms with E-state index in [0.717, 1.165) is 9.90 Å². The van der Waals surface area contributed by atoms with Crippen LogP contribution in [-0.2, 0) is 16.0 Å². The van der Waals surface area contributed by atoms with Gasteiger partial charge in [-0.2, -0.15) is 0 Å². The normalized spacial score (nSPS) is 18.6. The molecule has 0 radical (unpaired) electrons. The van der Waals surface area contributed by atoms with E-state index in [-0.39, 0.29) is 12.0 Å². The number of rotatable bonds is 4. The highest BCUT2D eigenvalue weighted by atomic mass is 35.5. The summed E-state index contributed by atoms with van der Waals surface area (Å²) < 4.78 is 11.0. The number of halogens is 1. The standard InChI is InChI=1S/C14H16ClN3O3S/c1-9-16-17-14(21-9)12-7-18(4-5-20-12)13(19)3-2-11-6-10(15)8-22-11/h6,8,12H,2-5,7H2,1H3. The Bertz CT molecular complexity index is 657. The van der Waals surface area contributed by atoms with Crippen LogP contribution in [0.3, 0.4) is 0 Å². The van der Waals surface area contributed by atoms with Gasteiger partial charge in [-0.3, -0.25) is 4.79 Å². The first-order chi connectivity index (χ1) is 10.6. The van der Waals surface area contributed by atoms with Crippen molar-refractivity contribution in [3.63, 3.8) is 0 Å². The van der Waals surface area contributed by atoms with E-state index in [1.54, 1.807) is 23.2 Å². The number of morpholine rings is 1. The average molecular weight is 342 g/mol. The molecular weight excluding hydrogens is 326 g/mol. The fourth-order valence-electron chi connectivity index (χ4n) is 2.34. The molecule has 0 N–H and O–H groups in total. The lowest BCUT2D eigenvalue weighted by Gasteiger charge is -2.31. The minimum atomic E-state index is -0.338. The molecule has 0 aromatic carbocycles. The Kier molecular flexibility index (Phi) is 4.75. The first kappa shape index (κ1) is 15.5. The first-order valence-corrected chi connectivity index (χ1v) is 8.30. The van der Waals surface area contributed by atoms with E-state index in [1.165, 1.54) is 0 Å². The summed E-state index contributed by atoms with van der Waals surface area (Å²) in [7, 11) is 0. The van der Waals surface area contributed by atoms with Crippen molar-refractivity contribution in [3.05, 3.63) is 33.1 Å². The van der Waals surface area contributed by atoms with Gasteiger partial charge < -0.3 is 14.1 Å². The van der Waals surface area contributed by atoms with Crippen molar-refractivity contribution in [1.82, 2.24) is 15.1 Å². The fourth-order valence-corrected chi connectivity index (χ4v) is 3.42. The van der Waals surface area contributed by atoms with E-state index in [4.69, 9.17) is 20.8 Å². The van der Waals surface area contributed by atoms with Gasteiger partial charge in [0.2, 0.25) is 17.7 Å². The monoisotopic (exact) mass is 341 g/mol. The molecule has 1 aliphatic rings. The van der Waals surface area contributed by atoms with Crippen molar-refractivity contribution < 1.29 is 13.9 Å². The lowest BCUT2D eigenvalue weighted by Crippen LogP contribution is -2.42. The van der Waals surface area contributed by atoms with Crippen LogP contribution in [0.5, 0.6) is 0 Å². The molecule has 1 amide bonds. The van der Waals surface area contributed by atoms with Gasteiger partial charge in [0.05, 0.1) is 18.2 Å². The van der Waals surface area contributed by atoms with Gasteiger partial charge in [-0.05, 0) is 12.5 Å². The number of amides is 1. The summed E-state index contributed by atoms with van der Waals surface area (Å²) in [5.41, 5.74) is 0. The number of ether oxygens (including phenoxy) is 1. The molecule has 1 saturated heterocycles. The maximum Gasteiger partial charge on any atom is 0.246 e. The Morgan fingerprint density at radius 3 is 3.09 bits per heavy atom. The zero-order valence-electron chi connectivity index (χ0n) is 12.1. The number of hydrogen-bond acceptors (Lipinski definition) is 6. The third-order valence-corrected chi connectivity index (χ3v) is 4.79. The highest BCUT2D eigenvalue weighted by Gasteiger charge is 2.28. The van der Waals surface area contributed by atoms with E-state index in [9.17, 15) is 4.79 Å². The van der Waals surface area contributed by atoms with Crippen LogP contribution in [0.25, 0.3) is 0 Å². The number of aryl methyl sites for hydroxylation is 2. The minimum absolute atomic E-state index is 0.106. The summed E-state index contributed by atoms with van der Waals surface area (Å²) in [6.07, 6.45) is 0.833. The van der Waals surface area contributed by atoms with Gasteiger partial charge in [-0.15, -0.1) is 21.5 Å². The molecule has 8 heteroatoms. The summed E-state index contributed by atoms with van der Waals surface area (Å²) in [5.74, 6) is 1.03. The first-order valence-electron chi connectivity index (χ1n) is 7.04. The second-order valence-corrected chi connectivity index (χ2v) is 6.52. The second-order valence-electron chi connectivity index (χ2n) is 5.09. The number of nitrogens with zero attached hydrogens (tertiary/aromatic N) is 3. The lowest BCUT2D eigenvalue weighted by atomic mass is 10.2. The van der Waals surface area contributed by atoms with Crippen LogP contribution >= 0.6 is 22.9 Å². The molecule has 22 heavy (non-hydrogen) atoms. The number of carbonyl (C=O) groups excluding carboxylic acids is 1. The topological polar surface area (TPSA) is 68.5 Å². The molecular formula is C14H16ClN3O3S. The van der Waals surface area contributed by atoms with Crippen molar-refractivity contribution in [3.8, 4) is 0 Å². The highest BCUT2D eigenvalue weighted by molar-refractivity contribution is 7.10. The van der Waals surface area contributed by atoms with E-state index in [1.807, 2.05) is 11.4 Å². The summed E-state index contributed by atoms with van der Waals surface area (Å²) in [5, 5.41) is 10.4. The maximum atomic E-state index is 12.3. The van der Waals surface area contributed by atoms with Gasteiger partial charge in [0, 0.05) is 30.1 Å². The van der Waals surface area contributed by atoms with Crippen LogP contribution in [0.2, 0.25) is 5.02 Å². The quantitative estimate of drug-likeness (QED) is 0.855. The third-order valence-electron chi connectivity index (χ3n) is 3.44. The Morgan fingerprint density at radius 2 is 2.41 bits per heavy atom. The van der Waals surface area contributed by atoms with Crippen LogP contribution in [0.4, 0.5) is 0 Å². The van der Waals surface area contributed by atoms with Crippen molar-refractivity contribution in [1.29, 1.82) is 0 Å². The van der Waals surface area contributed by atoms with Crippen LogP contribution in [0.15, 0.2) is 15.9 Å². The number of hydrogen-bond donors (Lipinski definition) is 0. The summed E-state index contributed by atoms with van der Waals surface area (Å²) in [6, 6.07) is 1.91. The van der Waals surface area contributed by atoms with Crippen molar-refractivity contribution >= 4 is 28.8 Å². The fraction of sp³-hybridized carbons (Fsp3) is 0.500. The molecule has 0 spiro atoms. The predicted molar refractivity (Wildman–Crippen MR) is 82.0 cm³/mol. The SMILES string of the molecule is Cc1nnc(C2CN(C(=O)CCc3cc(Cl)cs3)CCO2)o1. The van der Waals surface area contributed by atoms with E-state index >= 15 is 0 Å². The molecule has 3 heterocycles. The molecule has 1 fully saturated rings. The molecule has 0 aliphatic carbocycles. The van der Waals surface area contributed by atoms with Crippen LogP contribution < -0.4 is 0 Å². The van der Waals surface area contributed by atoms with Crippen molar-refractivity contribution in [2.75, 3.05) is 19.7 Å². The van der Waals surface area contributed by atoms with Crippen LogP contribution in [0, 0.1) is 6.92 Å². The zero-order chi connectivity index (χ0) is 15.5. The Hall–Kier alpha value is -1.44. The average Bonchev–Trinajstić information content (AvgIpc) is 3.13. The molecule has 2 aromatic rings. The largest absolute Gasteiger partial charge is 0.423 e. The molecule has 0 bridgehead atoms. The Labute approximate surface area is 137 Å². The van der Waals surface area contributed by atoms with Crippen LogP contribution in [0.1, 0.15) is 29.2 Å². The van der Waals surface area contributed by atoms with Crippen LogP contribution in [-0.4, -0.2) is 40.7 Å².